The average molecular weight is 370 g/mol. The molecule has 1 aliphatic heterocycles. The Morgan fingerprint density at radius 1 is 1.23 bits per heavy atom. The van der Waals surface area contributed by atoms with Gasteiger partial charge in [-0.25, -0.2) is 0 Å². The summed E-state index contributed by atoms with van der Waals surface area (Å²) < 4.78 is 5.11. The molecule has 1 heterocycles. The number of aromatic carboxylic acids is 1. The Morgan fingerprint density at radius 3 is 2.54 bits per heavy atom. The Balaban J connectivity index is 1.94. The van der Waals surface area contributed by atoms with Crippen molar-refractivity contribution in [3.05, 3.63) is 64.2 Å². The van der Waals surface area contributed by atoms with Gasteiger partial charge in [0.05, 0.1) is 30.1 Å². The number of amides is 1. The average Bonchev–Trinajstić information content (AvgIpc) is 2.91. The number of ether oxygens (including phenoxy) is 1. The van der Waals surface area contributed by atoms with E-state index in [2.05, 4.69) is 5.10 Å². The van der Waals surface area contributed by atoms with Crippen LogP contribution in [0.3, 0.4) is 0 Å². The van der Waals surface area contributed by atoms with E-state index in [1.807, 2.05) is 12.1 Å². The molecule has 6 nitrogen and oxygen atoms in total. The number of benzene rings is 2. The first-order chi connectivity index (χ1) is 12.4. The molecule has 3 rings (SSSR count). The molecule has 1 aliphatic rings. The summed E-state index contributed by atoms with van der Waals surface area (Å²) in [5, 5.41) is 16.6. The molecule has 7 heteroatoms. The van der Waals surface area contributed by atoms with Crippen LogP contribution in [0.1, 0.15) is 22.8 Å². The SMILES string of the molecule is COc1ccc(/C=C2\C(=O)N(c3ccc(Cl)c(C(=O)[O-])c3)N=C2C)cc1. The molecule has 132 valence electrons. The molecule has 0 unspecified atom stereocenters. The molecule has 2 aromatic carbocycles. The fraction of sp³-hybridized carbons (Fsp3) is 0.105. The minimum Gasteiger partial charge on any atom is -0.545 e. The van der Waals surface area contributed by atoms with E-state index in [-0.39, 0.29) is 16.5 Å². The summed E-state index contributed by atoms with van der Waals surface area (Å²) in [6.45, 7) is 1.71. The lowest BCUT2D eigenvalue weighted by Gasteiger charge is -2.14. The van der Waals surface area contributed by atoms with Crippen molar-refractivity contribution in [2.75, 3.05) is 12.1 Å². The molecule has 0 spiro atoms. The van der Waals surface area contributed by atoms with Gasteiger partial charge in [0.15, 0.2) is 0 Å². The van der Waals surface area contributed by atoms with E-state index < -0.39 is 5.97 Å². The Morgan fingerprint density at radius 2 is 1.92 bits per heavy atom. The first-order valence-electron chi connectivity index (χ1n) is 7.67. The smallest absolute Gasteiger partial charge is 0.280 e. The number of carbonyl (C=O) groups is 2. The summed E-state index contributed by atoms with van der Waals surface area (Å²) in [6, 6.07) is 11.4. The van der Waals surface area contributed by atoms with Crippen LogP contribution in [0.15, 0.2) is 53.1 Å². The highest BCUT2D eigenvalue weighted by atomic mass is 35.5. The standard InChI is InChI=1S/C19H15ClN2O4/c1-11-15(9-12-3-6-14(26-2)7-4-12)18(23)22(21-11)13-5-8-17(20)16(10-13)19(24)25/h3-10H,1-2H3,(H,24,25)/p-1/b15-9-. The van der Waals surface area contributed by atoms with Crippen molar-refractivity contribution in [3.8, 4) is 5.75 Å². The molecular formula is C19H14ClN2O4-. The van der Waals surface area contributed by atoms with E-state index in [1.165, 1.54) is 18.2 Å². The van der Waals surface area contributed by atoms with E-state index in [0.29, 0.717) is 22.7 Å². The fourth-order valence-electron chi connectivity index (χ4n) is 2.53. The van der Waals surface area contributed by atoms with Crippen molar-refractivity contribution < 1.29 is 19.4 Å². The van der Waals surface area contributed by atoms with Crippen LogP contribution in [-0.2, 0) is 4.79 Å². The minimum atomic E-state index is -1.42. The van der Waals surface area contributed by atoms with Gasteiger partial charge in [-0.15, -0.1) is 0 Å². The van der Waals surface area contributed by atoms with Gasteiger partial charge in [-0.2, -0.15) is 10.1 Å². The third kappa shape index (κ3) is 3.32. The molecule has 0 aliphatic carbocycles. The van der Waals surface area contributed by atoms with Gasteiger partial charge >= 0.3 is 0 Å². The fourth-order valence-corrected chi connectivity index (χ4v) is 2.72. The normalized spacial score (nSPS) is 15.3. The number of hydrogen-bond acceptors (Lipinski definition) is 5. The summed E-state index contributed by atoms with van der Waals surface area (Å²) in [5.41, 5.74) is 1.86. The second-order valence-corrected chi connectivity index (χ2v) is 5.99. The van der Waals surface area contributed by atoms with Crippen LogP contribution >= 0.6 is 11.6 Å². The quantitative estimate of drug-likeness (QED) is 0.775. The van der Waals surface area contributed by atoms with E-state index in [1.54, 1.807) is 32.2 Å². The summed E-state index contributed by atoms with van der Waals surface area (Å²) in [7, 11) is 1.58. The molecular weight excluding hydrogens is 356 g/mol. The van der Waals surface area contributed by atoms with Crippen molar-refractivity contribution in [1.82, 2.24) is 0 Å². The van der Waals surface area contributed by atoms with Crippen molar-refractivity contribution in [2.45, 2.75) is 6.92 Å². The highest BCUT2D eigenvalue weighted by Gasteiger charge is 2.29. The number of methoxy groups -OCH3 is 1. The van der Waals surface area contributed by atoms with Crippen LogP contribution in [0.4, 0.5) is 5.69 Å². The Bertz CT molecular complexity index is 949. The maximum atomic E-state index is 12.7. The first-order valence-corrected chi connectivity index (χ1v) is 8.05. The van der Waals surface area contributed by atoms with Gasteiger partial charge in [0.2, 0.25) is 0 Å². The van der Waals surface area contributed by atoms with Gasteiger partial charge in [-0.1, -0.05) is 23.7 Å². The zero-order chi connectivity index (χ0) is 18.8. The lowest BCUT2D eigenvalue weighted by atomic mass is 10.1. The highest BCUT2D eigenvalue weighted by Crippen LogP contribution is 2.28. The van der Waals surface area contributed by atoms with Gasteiger partial charge in [0, 0.05) is 10.6 Å². The lowest BCUT2D eigenvalue weighted by molar-refractivity contribution is -0.255. The number of hydrazone groups is 1. The molecule has 0 atom stereocenters. The molecule has 1 amide bonds. The number of halogens is 1. The molecule has 2 aromatic rings. The maximum Gasteiger partial charge on any atom is 0.280 e. The summed E-state index contributed by atoms with van der Waals surface area (Å²) in [5.74, 6) is -1.06. The van der Waals surface area contributed by atoms with Crippen LogP contribution in [0.25, 0.3) is 6.08 Å². The van der Waals surface area contributed by atoms with Gasteiger partial charge in [0.1, 0.15) is 5.75 Å². The highest BCUT2D eigenvalue weighted by molar-refractivity contribution is 6.34. The molecule has 0 radical (unpaired) electrons. The number of rotatable bonds is 4. The number of anilines is 1. The number of carbonyl (C=O) groups excluding carboxylic acids is 2. The van der Waals surface area contributed by atoms with Crippen LogP contribution in [0.5, 0.6) is 5.75 Å². The Kier molecular flexibility index (Phi) is 4.77. The summed E-state index contributed by atoms with van der Waals surface area (Å²) in [4.78, 5) is 23.9. The van der Waals surface area contributed by atoms with E-state index >= 15 is 0 Å². The molecule has 26 heavy (non-hydrogen) atoms. The van der Waals surface area contributed by atoms with Crippen LogP contribution in [-0.4, -0.2) is 24.7 Å². The third-order valence-corrected chi connectivity index (χ3v) is 4.23. The number of carboxylic acid groups (broad SMARTS) is 1. The molecule has 0 aromatic heterocycles. The van der Waals surface area contributed by atoms with Gasteiger partial charge in [0.25, 0.3) is 5.91 Å². The van der Waals surface area contributed by atoms with Crippen LogP contribution in [0.2, 0.25) is 5.02 Å². The largest absolute Gasteiger partial charge is 0.545 e. The number of hydrogen-bond donors (Lipinski definition) is 0. The molecule has 0 N–H and O–H groups in total. The first kappa shape index (κ1) is 17.7. The third-order valence-electron chi connectivity index (χ3n) is 3.90. The van der Waals surface area contributed by atoms with Crippen molar-refractivity contribution >= 4 is 41.0 Å². The van der Waals surface area contributed by atoms with Crippen molar-refractivity contribution in [1.29, 1.82) is 0 Å². The van der Waals surface area contributed by atoms with Gasteiger partial charge in [-0.3, -0.25) is 4.79 Å². The van der Waals surface area contributed by atoms with Crippen LogP contribution < -0.4 is 14.9 Å². The van der Waals surface area contributed by atoms with Crippen molar-refractivity contribution in [3.63, 3.8) is 0 Å². The predicted octanol–water partition coefficient (Wildman–Crippen LogP) is 2.52. The molecule has 0 bridgehead atoms. The second kappa shape index (κ2) is 7.01. The zero-order valence-corrected chi connectivity index (χ0v) is 14.8. The topological polar surface area (TPSA) is 82.0 Å². The molecule has 0 saturated heterocycles. The number of nitrogens with zero attached hydrogens (tertiary/aromatic N) is 2. The Labute approximate surface area is 155 Å². The van der Waals surface area contributed by atoms with Gasteiger partial charge in [-0.05, 0) is 48.9 Å². The van der Waals surface area contributed by atoms with E-state index in [0.717, 1.165) is 10.6 Å². The maximum absolute atomic E-state index is 12.7. The molecule has 0 fully saturated rings. The minimum absolute atomic E-state index is 0.0371. The van der Waals surface area contributed by atoms with E-state index in [9.17, 15) is 14.7 Å². The van der Waals surface area contributed by atoms with Gasteiger partial charge < -0.3 is 14.6 Å². The Hall–Kier alpha value is -3.12. The van der Waals surface area contributed by atoms with Crippen molar-refractivity contribution in [2.24, 2.45) is 5.10 Å². The van der Waals surface area contributed by atoms with E-state index in [4.69, 9.17) is 16.3 Å². The second-order valence-electron chi connectivity index (χ2n) is 5.59. The summed E-state index contributed by atoms with van der Waals surface area (Å²) in [6.07, 6.45) is 1.72. The number of carboxylic acids is 1. The zero-order valence-electron chi connectivity index (χ0n) is 14.0. The monoisotopic (exact) mass is 369 g/mol. The predicted molar refractivity (Wildman–Crippen MR) is 97.3 cm³/mol. The molecule has 0 saturated carbocycles. The van der Waals surface area contributed by atoms with Crippen LogP contribution in [0, 0.1) is 0 Å². The summed E-state index contributed by atoms with van der Waals surface area (Å²) >= 11 is 5.84. The lowest BCUT2D eigenvalue weighted by Crippen LogP contribution is -2.25.